The molecule has 1 atom stereocenters. The number of rotatable bonds is 6. The number of benzene rings is 2. The fraction of sp³-hybridized carbons (Fsp3) is 0.391. The standard InChI is InChI=1S/C23H27N3O3S/c1-16(2)15-18-8-12-20(13-9-18)30(27,28)26-14-4-5-21(26)23-24-22(25-29-23)19-10-6-17(3)7-11-19/h6-13,16,21H,4-5,14-15H2,1-3H3/t21-/m0/s1. The molecule has 1 aromatic heterocycles. The normalized spacial score (nSPS) is 17.7. The molecule has 0 radical (unpaired) electrons. The average Bonchev–Trinajstić information content (AvgIpc) is 3.38. The van der Waals surface area contributed by atoms with E-state index in [1.807, 2.05) is 43.3 Å². The lowest BCUT2D eigenvalue weighted by Crippen LogP contribution is -2.30. The maximum absolute atomic E-state index is 13.3. The molecule has 1 aliphatic rings. The highest BCUT2D eigenvalue weighted by Gasteiger charge is 2.39. The predicted molar refractivity (Wildman–Crippen MR) is 115 cm³/mol. The maximum atomic E-state index is 13.3. The highest BCUT2D eigenvalue weighted by molar-refractivity contribution is 7.89. The highest BCUT2D eigenvalue weighted by Crippen LogP contribution is 2.36. The minimum Gasteiger partial charge on any atom is -0.337 e. The summed E-state index contributed by atoms with van der Waals surface area (Å²) in [5.41, 5.74) is 3.14. The zero-order chi connectivity index (χ0) is 21.3. The van der Waals surface area contributed by atoms with Crippen LogP contribution in [0.5, 0.6) is 0 Å². The molecule has 4 rings (SSSR count). The van der Waals surface area contributed by atoms with E-state index in [1.165, 1.54) is 4.31 Å². The van der Waals surface area contributed by atoms with Crippen LogP contribution in [-0.4, -0.2) is 29.4 Å². The largest absolute Gasteiger partial charge is 0.337 e. The van der Waals surface area contributed by atoms with Gasteiger partial charge < -0.3 is 4.52 Å². The van der Waals surface area contributed by atoms with E-state index < -0.39 is 16.1 Å². The van der Waals surface area contributed by atoms with E-state index in [0.717, 1.165) is 29.5 Å². The van der Waals surface area contributed by atoms with E-state index in [-0.39, 0.29) is 0 Å². The quantitative estimate of drug-likeness (QED) is 0.569. The van der Waals surface area contributed by atoms with Crippen molar-refractivity contribution in [3.63, 3.8) is 0 Å². The van der Waals surface area contributed by atoms with Crippen molar-refractivity contribution >= 4 is 10.0 Å². The van der Waals surface area contributed by atoms with Gasteiger partial charge in [-0.15, -0.1) is 0 Å². The topological polar surface area (TPSA) is 76.3 Å². The Morgan fingerprint density at radius 1 is 1.10 bits per heavy atom. The Bertz CT molecular complexity index is 1100. The molecule has 0 amide bonds. The van der Waals surface area contributed by atoms with Crippen LogP contribution >= 0.6 is 0 Å². The molecule has 0 aliphatic carbocycles. The summed E-state index contributed by atoms with van der Waals surface area (Å²) < 4.78 is 33.6. The first kappa shape index (κ1) is 20.8. The van der Waals surface area contributed by atoms with Crippen LogP contribution in [0.3, 0.4) is 0 Å². The fourth-order valence-electron chi connectivity index (χ4n) is 3.87. The smallest absolute Gasteiger partial charge is 0.245 e. The highest BCUT2D eigenvalue weighted by atomic mass is 32.2. The molecule has 158 valence electrons. The molecular weight excluding hydrogens is 398 g/mol. The van der Waals surface area contributed by atoms with E-state index in [9.17, 15) is 8.42 Å². The molecule has 30 heavy (non-hydrogen) atoms. The number of nitrogens with zero attached hydrogens (tertiary/aromatic N) is 3. The van der Waals surface area contributed by atoms with Gasteiger partial charge in [-0.05, 0) is 49.8 Å². The lowest BCUT2D eigenvalue weighted by Gasteiger charge is -2.21. The molecule has 0 N–H and O–H groups in total. The number of hydrogen-bond donors (Lipinski definition) is 0. The lowest BCUT2D eigenvalue weighted by molar-refractivity contribution is 0.290. The second kappa shape index (κ2) is 8.32. The second-order valence-corrected chi connectivity index (χ2v) is 10.2. The van der Waals surface area contributed by atoms with Gasteiger partial charge in [0.2, 0.25) is 21.7 Å². The average molecular weight is 426 g/mol. The molecule has 2 heterocycles. The predicted octanol–water partition coefficient (Wildman–Crippen LogP) is 4.77. The monoisotopic (exact) mass is 425 g/mol. The van der Waals surface area contributed by atoms with Gasteiger partial charge in [0.25, 0.3) is 0 Å². The van der Waals surface area contributed by atoms with Gasteiger partial charge >= 0.3 is 0 Å². The number of hydrogen-bond acceptors (Lipinski definition) is 5. The molecule has 1 fully saturated rings. The summed E-state index contributed by atoms with van der Waals surface area (Å²) in [6, 6.07) is 14.6. The Labute approximate surface area is 178 Å². The Hall–Kier alpha value is -2.51. The van der Waals surface area contributed by atoms with Crippen LogP contribution in [0.2, 0.25) is 0 Å². The zero-order valence-corrected chi connectivity index (χ0v) is 18.4. The van der Waals surface area contributed by atoms with Crippen molar-refractivity contribution in [1.82, 2.24) is 14.4 Å². The molecule has 2 aromatic carbocycles. The van der Waals surface area contributed by atoms with Crippen molar-refractivity contribution in [1.29, 1.82) is 0 Å². The van der Waals surface area contributed by atoms with E-state index >= 15 is 0 Å². The zero-order valence-electron chi connectivity index (χ0n) is 17.6. The minimum atomic E-state index is -3.64. The molecule has 0 saturated carbocycles. The summed E-state index contributed by atoms with van der Waals surface area (Å²) >= 11 is 0. The van der Waals surface area contributed by atoms with Crippen molar-refractivity contribution < 1.29 is 12.9 Å². The van der Waals surface area contributed by atoms with Gasteiger partial charge in [0.1, 0.15) is 6.04 Å². The molecule has 3 aromatic rings. The van der Waals surface area contributed by atoms with Crippen LogP contribution in [0.1, 0.15) is 49.7 Å². The van der Waals surface area contributed by atoms with Crippen molar-refractivity contribution in [3.05, 3.63) is 65.5 Å². The minimum absolute atomic E-state index is 0.306. The first-order valence-electron chi connectivity index (χ1n) is 10.4. The summed E-state index contributed by atoms with van der Waals surface area (Å²) in [6.45, 7) is 6.76. The van der Waals surface area contributed by atoms with Crippen molar-refractivity contribution in [2.45, 2.75) is 51.0 Å². The van der Waals surface area contributed by atoms with Gasteiger partial charge in [-0.2, -0.15) is 9.29 Å². The van der Waals surface area contributed by atoms with Crippen molar-refractivity contribution in [3.8, 4) is 11.4 Å². The summed E-state index contributed by atoms with van der Waals surface area (Å²) in [4.78, 5) is 4.82. The van der Waals surface area contributed by atoms with Gasteiger partial charge in [0.15, 0.2) is 0 Å². The number of sulfonamides is 1. The molecule has 7 heteroatoms. The summed E-state index contributed by atoms with van der Waals surface area (Å²) in [5, 5.41) is 4.08. The van der Waals surface area contributed by atoms with Gasteiger partial charge in [-0.3, -0.25) is 0 Å². The maximum Gasteiger partial charge on any atom is 0.245 e. The van der Waals surface area contributed by atoms with E-state index in [4.69, 9.17) is 4.52 Å². The summed E-state index contributed by atoms with van der Waals surface area (Å²) in [6.07, 6.45) is 2.36. The Balaban J connectivity index is 1.58. The molecule has 1 saturated heterocycles. The molecule has 6 nitrogen and oxygen atoms in total. The fourth-order valence-corrected chi connectivity index (χ4v) is 5.52. The molecule has 1 aliphatic heterocycles. The second-order valence-electron chi connectivity index (χ2n) is 8.34. The first-order valence-corrected chi connectivity index (χ1v) is 11.8. The van der Waals surface area contributed by atoms with Crippen LogP contribution < -0.4 is 0 Å². The van der Waals surface area contributed by atoms with Gasteiger partial charge in [-0.25, -0.2) is 8.42 Å². The third-order valence-corrected chi connectivity index (χ3v) is 7.34. The van der Waals surface area contributed by atoms with Crippen LogP contribution in [0, 0.1) is 12.8 Å². The molecule has 0 spiro atoms. The Kier molecular flexibility index (Phi) is 5.75. The van der Waals surface area contributed by atoms with Gasteiger partial charge in [0.05, 0.1) is 4.90 Å². The van der Waals surface area contributed by atoms with E-state index in [1.54, 1.807) is 12.1 Å². The van der Waals surface area contributed by atoms with Crippen molar-refractivity contribution in [2.75, 3.05) is 6.54 Å². The third-order valence-electron chi connectivity index (χ3n) is 5.41. The molecule has 0 unspecified atom stereocenters. The van der Waals surface area contributed by atoms with E-state index in [0.29, 0.717) is 35.5 Å². The number of aromatic nitrogens is 2. The van der Waals surface area contributed by atoms with E-state index in [2.05, 4.69) is 24.0 Å². The van der Waals surface area contributed by atoms with Crippen LogP contribution in [0.25, 0.3) is 11.4 Å². The van der Waals surface area contributed by atoms with Crippen LogP contribution in [0.15, 0.2) is 57.9 Å². The summed E-state index contributed by atoms with van der Waals surface area (Å²) in [7, 11) is -3.64. The third kappa shape index (κ3) is 4.18. The van der Waals surface area contributed by atoms with Crippen molar-refractivity contribution in [2.24, 2.45) is 5.92 Å². The summed E-state index contributed by atoms with van der Waals surface area (Å²) in [5.74, 6) is 1.35. The van der Waals surface area contributed by atoms with Crippen LogP contribution in [-0.2, 0) is 16.4 Å². The van der Waals surface area contributed by atoms with Gasteiger partial charge in [0, 0.05) is 12.1 Å². The van der Waals surface area contributed by atoms with Crippen LogP contribution in [0.4, 0.5) is 0 Å². The SMILES string of the molecule is Cc1ccc(-c2noc([C@@H]3CCCN3S(=O)(=O)c3ccc(CC(C)C)cc3)n2)cc1. The number of aryl methyl sites for hydroxylation is 1. The lowest BCUT2D eigenvalue weighted by atomic mass is 10.0. The molecular formula is C23H27N3O3S. The first-order chi connectivity index (χ1) is 14.3. The van der Waals surface area contributed by atoms with Gasteiger partial charge in [-0.1, -0.05) is 61.0 Å². The molecule has 0 bridgehead atoms. The Morgan fingerprint density at radius 2 is 1.80 bits per heavy atom. The Morgan fingerprint density at radius 3 is 2.47 bits per heavy atom.